The maximum Gasteiger partial charge on any atom is 0.272 e. The molecule has 152 valence electrons. The molecule has 2 fully saturated rings. The van der Waals surface area contributed by atoms with Gasteiger partial charge in [0.05, 0.1) is 6.54 Å². The highest BCUT2D eigenvalue weighted by atomic mass is 19.1. The van der Waals surface area contributed by atoms with Crippen LogP contribution in [0.3, 0.4) is 0 Å². The molecular formula is C21H24FN5O2. The summed E-state index contributed by atoms with van der Waals surface area (Å²) in [5.74, 6) is 0.163. The highest BCUT2D eigenvalue weighted by Gasteiger charge is 2.43. The van der Waals surface area contributed by atoms with Crippen LogP contribution in [0.15, 0.2) is 30.3 Å². The van der Waals surface area contributed by atoms with E-state index in [4.69, 9.17) is 0 Å². The Kier molecular flexibility index (Phi) is 4.58. The van der Waals surface area contributed by atoms with Gasteiger partial charge in [0.15, 0.2) is 5.69 Å². The number of fused-ring (bicyclic) bond motifs is 3. The number of halogens is 1. The van der Waals surface area contributed by atoms with Gasteiger partial charge in [-0.15, -0.1) is 0 Å². The molecule has 3 atom stereocenters. The Morgan fingerprint density at radius 2 is 2.03 bits per heavy atom. The number of benzene rings is 1. The molecule has 5 rings (SSSR count). The number of carbonyl (C=O) groups is 2. The summed E-state index contributed by atoms with van der Waals surface area (Å²) in [6.07, 6.45) is 2.16. The van der Waals surface area contributed by atoms with E-state index in [-0.39, 0.29) is 23.7 Å². The van der Waals surface area contributed by atoms with Crippen LogP contribution >= 0.6 is 0 Å². The van der Waals surface area contributed by atoms with Crippen LogP contribution < -0.4 is 10.6 Å². The topological polar surface area (TPSA) is 79.3 Å². The molecule has 0 spiro atoms. The van der Waals surface area contributed by atoms with E-state index < -0.39 is 0 Å². The number of nitrogens with zero attached hydrogens (tertiary/aromatic N) is 3. The third-order valence-electron chi connectivity index (χ3n) is 6.36. The van der Waals surface area contributed by atoms with E-state index in [1.807, 2.05) is 6.07 Å². The number of hydrogen-bond acceptors (Lipinski definition) is 4. The lowest BCUT2D eigenvalue weighted by Crippen LogP contribution is -2.52. The van der Waals surface area contributed by atoms with Crippen molar-refractivity contribution in [3.63, 3.8) is 0 Å². The average molecular weight is 397 g/mol. The molecule has 2 aliphatic heterocycles. The second kappa shape index (κ2) is 7.26. The predicted molar refractivity (Wildman–Crippen MR) is 104 cm³/mol. The van der Waals surface area contributed by atoms with Gasteiger partial charge in [-0.1, -0.05) is 12.1 Å². The zero-order valence-electron chi connectivity index (χ0n) is 16.1. The van der Waals surface area contributed by atoms with Gasteiger partial charge in [0.1, 0.15) is 11.5 Å². The zero-order valence-corrected chi connectivity index (χ0v) is 16.1. The van der Waals surface area contributed by atoms with Crippen LogP contribution in [-0.2, 0) is 13.1 Å². The molecule has 1 aliphatic carbocycles. The van der Waals surface area contributed by atoms with Crippen molar-refractivity contribution in [2.24, 2.45) is 11.8 Å². The fourth-order valence-corrected chi connectivity index (χ4v) is 5.05. The molecule has 1 aromatic heterocycles. The van der Waals surface area contributed by atoms with Gasteiger partial charge in [-0.2, -0.15) is 5.10 Å². The van der Waals surface area contributed by atoms with Gasteiger partial charge in [-0.05, 0) is 42.4 Å². The van der Waals surface area contributed by atoms with Gasteiger partial charge < -0.3 is 10.6 Å². The van der Waals surface area contributed by atoms with Crippen molar-refractivity contribution in [1.29, 1.82) is 0 Å². The zero-order chi connectivity index (χ0) is 20.0. The number of carbonyl (C=O) groups excluding carboxylic acids is 2. The van der Waals surface area contributed by atoms with Crippen molar-refractivity contribution >= 4 is 11.8 Å². The predicted octanol–water partition coefficient (Wildman–Crippen LogP) is 1.41. The Morgan fingerprint density at radius 1 is 1.24 bits per heavy atom. The van der Waals surface area contributed by atoms with Gasteiger partial charge in [-0.3, -0.25) is 19.2 Å². The lowest BCUT2D eigenvalue weighted by atomic mass is 9.91. The second-order valence-electron chi connectivity index (χ2n) is 8.31. The van der Waals surface area contributed by atoms with E-state index in [9.17, 15) is 14.0 Å². The Morgan fingerprint density at radius 3 is 2.76 bits per heavy atom. The summed E-state index contributed by atoms with van der Waals surface area (Å²) < 4.78 is 15.1. The molecule has 1 saturated heterocycles. The van der Waals surface area contributed by atoms with Gasteiger partial charge in [0.2, 0.25) is 0 Å². The highest BCUT2D eigenvalue weighted by molar-refractivity contribution is 5.98. The number of rotatable bonds is 4. The molecule has 2 aromatic rings. The molecule has 2 amide bonds. The minimum absolute atomic E-state index is 0.124. The second-order valence-corrected chi connectivity index (χ2v) is 8.31. The number of aromatic nitrogens is 2. The minimum atomic E-state index is -0.208. The van der Waals surface area contributed by atoms with Crippen molar-refractivity contribution in [3.05, 3.63) is 53.1 Å². The average Bonchev–Trinajstić information content (AvgIpc) is 3.22. The molecule has 3 heterocycles. The lowest BCUT2D eigenvalue weighted by molar-refractivity contribution is 0.0818. The van der Waals surface area contributed by atoms with Crippen LogP contribution in [0.5, 0.6) is 0 Å². The molecule has 1 unspecified atom stereocenters. The normalized spacial score (nSPS) is 26.1. The maximum atomic E-state index is 13.5. The summed E-state index contributed by atoms with van der Waals surface area (Å²) in [5.41, 5.74) is 1.72. The van der Waals surface area contributed by atoms with Gasteiger partial charge in [0, 0.05) is 38.3 Å². The standard InChI is InChI=1S/C21H24FN5O2/c22-16-3-1-2-13(8-16)10-26-11-14-4-5-15(12-26)19(14)24-20(28)17-9-18-21(29)23-6-7-27(18)25-17/h1-3,8-9,14-15,19H,4-7,10-12H2,(H,23,29)(H,24,28)/t14-,15+,19?. The SMILES string of the molecule is O=C(NC1[C@@H]2CC[C@H]1CN(Cc1cccc(F)c1)C2)c1cc2n(n1)CCNC2=O. The monoisotopic (exact) mass is 397 g/mol. The van der Waals surface area contributed by atoms with E-state index in [1.165, 1.54) is 6.07 Å². The summed E-state index contributed by atoms with van der Waals surface area (Å²) in [6, 6.07) is 8.45. The number of piperidine rings is 1. The Labute approximate surface area is 168 Å². The van der Waals surface area contributed by atoms with Gasteiger partial charge in [0.25, 0.3) is 11.8 Å². The first-order chi connectivity index (χ1) is 14.1. The smallest absolute Gasteiger partial charge is 0.272 e. The molecule has 29 heavy (non-hydrogen) atoms. The summed E-state index contributed by atoms with van der Waals surface area (Å²) in [4.78, 5) is 27.1. The van der Waals surface area contributed by atoms with Crippen LogP contribution in [0.2, 0.25) is 0 Å². The third-order valence-corrected chi connectivity index (χ3v) is 6.36. The molecule has 1 aromatic carbocycles. The van der Waals surface area contributed by atoms with E-state index in [0.29, 0.717) is 36.3 Å². The number of likely N-dealkylation sites (tertiary alicyclic amines) is 1. The molecule has 2 N–H and O–H groups in total. The van der Waals surface area contributed by atoms with Crippen LogP contribution in [-0.4, -0.2) is 52.2 Å². The van der Waals surface area contributed by atoms with Crippen molar-refractivity contribution in [2.45, 2.75) is 32.0 Å². The third kappa shape index (κ3) is 3.53. The van der Waals surface area contributed by atoms with Crippen molar-refractivity contribution in [2.75, 3.05) is 19.6 Å². The van der Waals surface area contributed by atoms with Crippen LogP contribution in [0, 0.1) is 17.7 Å². The summed E-state index contributed by atoms with van der Waals surface area (Å²) >= 11 is 0. The summed E-state index contributed by atoms with van der Waals surface area (Å²) in [6.45, 7) is 3.62. The first-order valence-corrected chi connectivity index (χ1v) is 10.2. The molecule has 8 heteroatoms. The van der Waals surface area contributed by atoms with E-state index in [2.05, 4.69) is 20.6 Å². The molecule has 7 nitrogen and oxygen atoms in total. The number of hydrogen-bond donors (Lipinski definition) is 2. The summed E-state index contributed by atoms with van der Waals surface area (Å²) in [5, 5.41) is 10.3. The summed E-state index contributed by atoms with van der Waals surface area (Å²) in [7, 11) is 0. The van der Waals surface area contributed by atoms with Crippen molar-refractivity contribution < 1.29 is 14.0 Å². The van der Waals surface area contributed by atoms with E-state index in [1.54, 1.807) is 22.9 Å². The van der Waals surface area contributed by atoms with Crippen LogP contribution in [0.25, 0.3) is 0 Å². The molecule has 0 radical (unpaired) electrons. The van der Waals surface area contributed by atoms with E-state index >= 15 is 0 Å². The van der Waals surface area contributed by atoms with Gasteiger partial charge >= 0.3 is 0 Å². The quantitative estimate of drug-likeness (QED) is 0.818. The molecule has 2 bridgehead atoms. The molecule has 1 saturated carbocycles. The molecule has 3 aliphatic rings. The van der Waals surface area contributed by atoms with Crippen molar-refractivity contribution in [1.82, 2.24) is 25.3 Å². The fraction of sp³-hybridized carbons (Fsp3) is 0.476. The van der Waals surface area contributed by atoms with Crippen molar-refractivity contribution in [3.8, 4) is 0 Å². The largest absolute Gasteiger partial charge is 0.349 e. The Hall–Kier alpha value is -2.74. The number of amides is 2. The Bertz CT molecular complexity index is 944. The van der Waals surface area contributed by atoms with Crippen LogP contribution in [0.1, 0.15) is 39.4 Å². The minimum Gasteiger partial charge on any atom is -0.349 e. The first kappa shape index (κ1) is 18.3. The molecular weight excluding hydrogens is 373 g/mol. The highest BCUT2D eigenvalue weighted by Crippen LogP contribution is 2.37. The van der Waals surface area contributed by atoms with Crippen LogP contribution in [0.4, 0.5) is 4.39 Å². The Balaban J connectivity index is 1.24. The first-order valence-electron chi connectivity index (χ1n) is 10.2. The number of nitrogens with one attached hydrogen (secondary N) is 2. The van der Waals surface area contributed by atoms with E-state index in [0.717, 1.165) is 38.0 Å². The fourth-order valence-electron chi connectivity index (χ4n) is 5.05. The van der Waals surface area contributed by atoms with Gasteiger partial charge in [-0.25, -0.2) is 4.39 Å². The maximum absolute atomic E-state index is 13.5. The lowest BCUT2D eigenvalue weighted by Gasteiger charge is -2.38.